The van der Waals surface area contributed by atoms with E-state index < -0.39 is 0 Å². The molecule has 0 atom stereocenters. The molecular weight excluding hydrogens is 136 g/mol. The fraction of sp³-hybridized carbons (Fsp3) is 0.800. The first-order valence-corrected chi connectivity index (χ1v) is 4.52. The molecule has 68 valence electrons. The molecule has 0 rings (SSSR count). The Hall–Kier alpha value is -0.300. The van der Waals surface area contributed by atoms with Crippen LogP contribution in [0.25, 0.3) is 0 Å². The third kappa shape index (κ3) is 17.7. The van der Waals surface area contributed by atoms with E-state index in [2.05, 4.69) is 20.1 Å². The number of unbranched alkanes of at least 4 members (excludes halogenated alkanes) is 5. The topological polar surface area (TPSA) is 20.2 Å². The van der Waals surface area contributed by atoms with Crippen LogP contribution in [0.1, 0.15) is 45.4 Å². The summed E-state index contributed by atoms with van der Waals surface area (Å²) in [5.41, 5.74) is 0. The average molecular weight is 158 g/mol. The van der Waals surface area contributed by atoms with Crippen molar-refractivity contribution < 1.29 is 5.11 Å². The van der Waals surface area contributed by atoms with Crippen molar-refractivity contribution in [2.45, 2.75) is 45.4 Å². The van der Waals surface area contributed by atoms with Gasteiger partial charge in [0.1, 0.15) is 0 Å². The first-order valence-electron chi connectivity index (χ1n) is 4.52. The van der Waals surface area contributed by atoms with Crippen LogP contribution in [0.15, 0.2) is 13.2 Å². The van der Waals surface area contributed by atoms with Crippen molar-refractivity contribution in [2.24, 2.45) is 0 Å². The van der Waals surface area contributed by atoms with E-state index in [1.54, 1.807) is 0 Å². The largest absolute Gasteiger partial charge is 0.396 e. The van der Waals surface area contributed by atoms with Gasteiger partial charge in [0.25, 0.3) is 0 Å². The first-order chi connectivity index (χ1) is 5.41. The van der Waals surface area contributed by atoms with Gasteiger partial charge < -0.3 is 5.11 Å². The zero-order valence-corrected chi connectivity index (χ0v) is 7.81. The second-order valence-corrected chi connectivity index (χ2v) is 2.49. The maximum absolute atomic E-state index is 8.42. The number of aliphatic hydroxyl groups is 1. The summed E-state index contributed by atoms with van der Waals surface area (Å²) in [6, 6.07) is 0. The molecule has 0 amide bonds. The minimum absolute atomic E-state index is 0.367. The Morgan fingerprint density at radius 3 is 1.82 bits per heavy atom. The van der Waals surface area contributed by atoms with Crippen LogP contribution in [0.3, 0.4) is 0 Å². The number of rotatable bonds is 6. The normalized spacial score (nSPS) is 8.55. The Morgan fingerprint density at radius 2 is 1.36 bits per heavy atom. The third-order valence-electron chi connectivity index (χ3n) is 1.51. The van der Waals surface area contributed by atoms with Gasteiger partial charge in [-0.25, -0.2) is 0 Å². The molecule has 0 fully saturated rings. The van der Waals surface area contributed by atoms with Crippen LogP contribution in [0.4, 0.5) is 0 Å². The van der Waals surface area contributed by atoms with Crippen molar-refractivity contribution in [3.05, 3.63) is 13.2 Å². The zero-order valence-electron chi connectivity index (χ0n) is 7.81. The molecule has 0 bridgehead atoms. The van der Waals surface area contributed by atoms with Gasteiger partial charge in [-0.3, -0.25) is 0 Å². The average Bonchev–Trinajstić information content (AvgIpc) is 2.08. The van der Waals surface area contributed by atoms with E-state index in [1.165, 1.54) is 32.1 Å². The Balaban J connectivity index is 0. The van der Waals surface area contributed by atoms with Crippen LogP contribution in [0.2, 0.25) is 0 Å². The SMILES string of the molecule is C=C.CCCCCCCCO. The Kier molecular flexibility index (Phi) is 19.8. The summed E-state index contributed by atoms with van der Waals surface area (Å²) in [6.45, 7) is 8.58. The first kappa shape index (κ1) is 13.3. The van der Waals surface area contributed by atoms with Gasteiger partial charge in [-0.05, 0) is 6.42 Å². The van der Waals surface area contributed by atoms with E-state index in [4.69, 9.17) is 5.11 Å². The molecule has 0 saturated heterocycles. The molecule has 0 aliphatic heterocycles. The summed E-state index contributed by atoms with van der Waals surface area (Å²) >= 11 is 0. The zero-order chi connectivity index (χ0) is 8.95. The molecule has 0 aliphatic rings. The maximum atomic E-state index is 8.42. The van der Waals surface area contributed by atoms with Gasteiger partial charge in [-0.15, -0.1) is 13.2 Å². The van der Waals surface area contributed by atoms with Crippen LogP contribution in [0, 0.1) is 0 Å². The smallest absolute Gasteiger partial charge is 0.0431 e. The van der Waals surface area contributed by atoms with Gasteiger partial charge in [-0.2, -0.15) is 0 Å². The molecule has 0 aromatic heterocycles. The van der Waals surface area contributed by atoms with E-state index in [1.807, 2.05) is 0 Å². The number of aliphatic hydroxyl groups excluding tert-OH is 1. The summed E-state index contributed by atoms with van der Waals surface area (Å²) in [5, 5.41) is 8.42. The Morgan fingerprint density at radius 1 is 0.909 bits per heavy atom. The van der Waals surface area contributed by atoms with E-state index >= 15 is 0 Å². The van der Waals surface area contributed by atoms with Gasteiger partial charge in [0, 0.05) is 6.61 Å². The van der Waals surface area contributed by atoms with Crippen LogP contribution in [-0.2, 0) is 0 Å². The summed E-state index contributed by atoms with van der Waals surface area (Å²) in [5.74, 6) is 0. The van der Waals surface area contributed by atoms with Crippen LogP contribution in [0.5, 0.6) is 0 Å². The van der Waals surface area contributed by atoms with E-state index in [0.29, 0.717) is 6.61 Å². The molecular formula is C10H22O. The lowest BCUT2D eigenvalue weighted by molar-refractivity contribution is 0.282. The predicted octanol–water partition coefficient (Wildman–Crippen LogP) is 3.14. The standard InChI is InChI=1S/C8H18O.C2H4/c1-2-3-4-5-6-7-8-9;1-2/h9H,2-8H2,1H3;1-2H2. The lowest BCUT2D eigenvalue weighted by atomic mass is 10.1. The molecule has 1 N–H and O–H groups in total. The summed E-state index contributed by atoms with van der Waals surface area (Å²) in [4.78, 5) is 0. The molecule has 1 nitrogen and oxygen atoms in total. The number of hydrogen-bond donors (Lipinski definition) is 1. The highest BCUT2D eigenvalue weighted by Crippen LogP contribution is 2.03. The lowest BCUT2D eigenvalue weighted by Crippen LogP contribution is -1.82. The second-order valence-electron chi connectivity index (χ2n) is 2.49. The fourth-order valence-corrected chi connectivity index (χ4v) is 0.892. The van der Waals surface area contributed by atoms with E-state index in [-0.39, 0.29) is 0 Å². The minimum Gasteiger partial charge on any atom is -0.396 e. The molecule has 11 heavy (non-hydrogen) atoms. The molecule has 0 spiro atoms. The van der Waals surface area contributed by atoms with Gasteiger partial charge in [0.05, 0.1) is 0 Å². The van der Waals surface area contributed by atoms with E-state index in [0.717, 1.165) is 6.42 Å². The fourth-order valence-electron chi connectivity index (χ4n) is 0.892. The molecule has 1 heteroatoms. The van der Waals surface area contributed by atoms with Crippen LogP contribution in [-0.4, -0.2) is 11.7 Å². The molecule has 0 aromatic carbocycles. The number of hydrogen-bond acceptors (Lipinski definition) is 1. The monoisotopic (exact) mass is 158 g/mol. The van der Waals surface area contributed by atoms with Crippen LogP contribution < -0.4 is 0 Å². The van der Waals surface area contributed by atoms with Gasteiger partial charge in [0.15, 0.2) is 0 Å². The molecule has 0 radical (unpaired) electrons. The van der Waals surface area contributed by atoms with Crippen LogP contribution >= 0.6 is 0 Å². The quantitative estimate of drug-likeness (QED) is 0.465. The molecule has 0 heterocycles. The predicted molar refractivity (Wildman–Crippen MR) is 51.7 cm³/mol. The highest BCUT2D eigenvalue weighted by Gasteiger charge is 1.86. The van der Waals surface area contributed by atoms with Crippen molar-refractivity contribution in [3.8, 4) is 0 Å². The van der Waals surface area contributed by atoms with Crippen molar-refractivity contribution in [1.82, 2.24) is 0 Å². The maximum Gasteiger partial charge on any atom is 0.0431 e. The Labute approximate surface area is 71.1 Å². The van der Waals surface area contributed by atoms with Crippen molar-refractivity contribution in [3.63, 3.8) is 0 Å². The minimum atomic E-state index is 0.367. The summed E-state index contributed by atoms with van der Waals surface area (Å²) in [7, 11) is 0. The van der Waals surface area contributed by atoms with Gasteiger partial charge >= 0.3 is 0 Å². The Bertz CT molecular complexity index is 46.8. The van der Waals surface area contributed by atoms with Crippen molar-refractivity contribution in [2.75, 3.05) is 6.61 Å². The van der Waals surface area contributed by atoms with Crippen molar-refractivity contribution >= 4 is 0 Å². The summed E-state index contributed by atoms with van der Waals surface area (Å²) < 4.78 is 0. The lowest BCUT2D eigenvalue weighted by Gasteiger charge is -1.95. The van der Waals surface area contributed by atoms with E-state index in [9.17, 15) is 0 Å². The highest BCUT2D eigenvalue weighted by molar-refractivity contribution is 4.41. The molecule has 0 aromatic rings. The molecule has 0 saturated carbocycles. The molecule has 0 aliphatic carbocycles. The van der Waals surface area contributed by atoms with Gasteiger partial charge in [0.2, 0.25) is 0 Å². The second kappa shape index (κ2) is 16.4. The third-order valence-corrected chi connectivity index (χ3v) is 1.51. The van der Waals surface area contributed by atoms with Crippen molar-refractivity contribution in [1.29, 1.82) is 0 Å². The van der Waals surface area contributed by atoms with Gasteiger partial charge in [-0.1, -0.05) is 39.0 Å². The molecule has 0 unspecified atom stereocenters. The highest BCUT2D eigenvalue weighted by atomic mass is 16.2. The summed E-state index contributed by atoms with van der Waals surface area (Å²) in [6.07, 6.45) is 7.50.